The van der Waals surface area contributed by atoms with Gasteiger partial charge in [0.05, 0.1) is 5.54 Å². The first kappa shape index (κ1) is 10.5. The molecule has 0 saturated heterocycles. The Morgan fingerprint density at radius 1 is 1.46 bits per heavy atom. The molecule has 1 fully saturated rings. The van der Waals surface area contributed by atoms with Crippen LogP contribution in [0, 0.1) is 5.92 Å². The Bertz CT molecular complexity index is 196. The molecule has 0 spiro atoms. The summed E-state index contributed by atoms with van der Waals surface area (Å²) in [6.45, 7) is 5.66. The Kier molecular flexibility index (Phi) is 2.96. The Morgan fingerprint density at radius 3 is 2.46 bits per heavy atom. The van der Waals surface area contributed by atoms with E-state index in [4.69, 9.17) is 5.73 Å². The van der Waals surface area contributed by atoms with Gasteiger partial charge in [0.15, 0.2) is 0 Å². The Morgan fingerprint density at radius 2 is 2.08 bits per heavy atom. The van der Waals surface area contributed by atoms with Crippen molar-refractivity contribution in [2.75, 3.05) is 0 Å². The average molecular weight is 184 g/mol. The van der Waals surface area contributed by atoms with Crippen molar-refractivity contribution in [3.8, 4) is 0 Å². The quantitative estimate of drug-likeness (QED) is 0.673. The molecule has 0 aromatic heterocycles. The van der Waals surface area contributed by atoms with Crippen molar-refractivity contribution >= 4 is 5.91 Å². The normalized spacial score (nSPS) is 28.9. The number of carbonyl (C=O) groups excluding carboxylic acids is 1. The lowest BCUT2D eigenvalue weighted by atomic mass is 10.0. The molecule has 3 nitrogen and oxygen atoms in total. The summed E-state index contributed by atoms with van der Waals surface area (Å²) in [5.41, 5.74) is 4.94. The van der Waals surface area contributed by atoms with Crippen LogP contribution in [0.4, 0.5) is 0 Å². The molecule has 0 bridgehead atoms. The van der Waals surface area contributed by atoms with Crippen LogP contribution in [0.5, 0.6) is 0 Å². The van der Waals surface area contributed by atoms with E-state index in [1.54, 1.807) is 13.8 Å². The molecule has 0 aromatic carbocycles. The lowest BCUT2D eigenvalue weighted by Crippen LogP contribution is -2.52. The summed E-state index contributed by atoms with van der Waals surface area (Å²) in [5, 5.41) is 3.00. The summed E-state index contributed by atoms with van der Waals surface area (Å²) in [7, 11) is 0. The van der Waals surface area contributed by atoms with E-state index in [2.05, 4.69) is 12.2 Å². The van der Waals surface area contributed by atoms with E-state index in [9.17, 15) is 4.79 Å². The predicted molar refractivity (Wildman–Crippen MR) is 53.2 cm³/mol. The fourth-order valence-corrected chi connectivity index (χ4v) is 1.71. The van der Waals surface area contributed by atoms with Gasteiger partial charge in [-0.2, -0.15) is 0 Å². The Balaban J connectivity index is 2.45. The highest BCUT2D eigenvalue weighted by Gasteiger charge is 2.29. The van der Waals surface area contributed by atoms with Crippen LogP contribution in [0.25, 0.3) is 0 Å². The number of hydrogen-bond acceptors (Lipinski definition) is 2. The number of nitrogens with one attached hydrogen (secondary N) is 1. The third-order valence-electron chi connectivity index (χ3n) is 2.76. The molecule has 1 aliphatic carbocycles. The summed E-state index contributed by atoms with van der Waals surface area (Å²) in [4.78, 5) is 11.5. The summed E-state index contributed by atoms with van der Waals surface area (Å²) in [6, 6.07) is 0.343. The molecule has 13 heavy (non-hydrogen) atoms. The number of carbonyl (C=O) groups is 1. The van der Waals surface area contributed by atoms with Crippen molar-refractivity contribution in [1.29, 1.82) is 0 Å². The molecule has 76 valence electrons. The number of amides is 1. The second kappa shape index (κ2) is 3.66. The smallest absolute Gasteiger partial charge is 0.239 e. The highest BCUT2D eigenvalue weighted by Crippen LogP contribution is 2.24. The van der Waals surface area contributed by atoms with Crippen LogP contribution < -0.4 is 11.1 Å². The summed E-state index contributed by atoms with van der Waals surface area (Å²) >= 11 is 0. The molecule has 3 N–H and O–H groups in total. The average Bonchev–Trinajstić information content (AvgIpc) is 2.34. The largest absolute Gasteiger partial charge is 0.352 e. The van der Waals surface area contributed by atoms with Gasteiger partial charge < -0.3 is 11.1 Å². The molecular formula is C10H20N2O. The van der Waals surface area contributed by atoms with E-state index >= 15 is 0 Å². The Labute approximate surface area is 80.1 Å². The molecule has 1 saturated carbocycles. The Hall–Kier alpha value is -0.570. The van der Waals surface area contributed by atoms with Gasteiger partial charge >= 0.3 is 0 Å². The zero-order valence-corrected chi connectivity index (χ0v) is 8.76. The predicted octanol–water partition coefficient (Wildman–Crippen LogP) is 1.03. The molecule has 1 aliphatic rings. The molecule has 1 amide bonds. The van der Waals surface area contributed by atoms with E-state index in [0.29, 0.717) is 12.0 Å². The second-order valence-electron chi connectivity index (χ2n) is 4.71. The van der Waals surface area contributed by atoms with Crippen molar-refractivity contribution in [2.24, 2.45) is 11.7 Å². The molecule has 2 atom stereocenters. The first-order chi connectivity index (χ1) is 5.91. The maximum Gasteiger partial charge on any atom is 0.239 e. The zero-order valence-electron chi connectivity index (χ0n) is 8.76. The molecule has 1 rings (SSSR count). The first-order valence-electron chi connectivity index (χ1n) is 5.01. The second-order valence-corrected chi connectivity index (χ2v) is 4.71. The lowest BCUT2D eigenvalue weighted by molar-refractivity contribution is -0.126. The van der Waals surface area contributed by atoms with Crippen LogP contribution in [0.3, 0.4) is 0 Å². The standard InChI is InChI=1S/C10H20N2O/c1-7-5-4-6-8(7)12-9(13)10(2,3)11/h7-8H,4-6,11H2,1-3H3,(H,12,13). The van der Waals surface area contributed by atoms with Gasteiger partial charge in [-0.3, -0.25) is 4.79 Å². The molecule has 0 aromatic rings. The van der Waals surface area contributed by atoms with Crippen molar-refractivity contribution in [3.05, 3.63) is 0 Å². The number of hydrogen-bond donors (Lipinski definition) is 2. The minimum Gasteiger partial charge on any atom is -0.352 e. The summed E-state index contributed by atoms with van der Waals surface area (Å²) in [5.74, 6) is 0.567. The third-order valence-corrected chi connectivity index (χ3v) is 2.76. The minimum absolute atomic E-state index is 0.0359. The maximum atomic E-state index is 11.5. The summed E-state index contributed by atoms with van der Waals surface area (Å²) in [6.07, 6.45) is 3.54. The highest BCUT2D eigenvalue weighted by atomic mass is 16.2. The van der Waals surface area contributed by atoms with Crippen LogP contribution in [0.1, 0.15) is 40.0 Å². The lowest BCUT2D eigenvalue weighted by Gasteiger charge is -2.23. The van der Waals surface area contributed by atoms with Crippen molar-refractivity contribution in [2.45, 2.75) is 51.6 Å². The van der Waals surface area contributed by atoms with Gasteiger partial charge in [-0.15, -0.1) is 0 Å². The third kappa shape index (κ3) is 2.69. The van der Waals surface area contributed by atoms with E-state index in [-0.39, 0.29) is 5.91 Å². The van der Waals surface area contributed by atoms with Gasteiger partial charge in [0, 0.05) is 6.04 Å². The van der Waals surface area contributed by atoms with Crippen molar-refractivity contribution in [1.82, 2.24) is 5.32 Å². The van der Waals surface area contributed by atoms with E-state index in [0.717, 1.165) is 6.42 Å². The van der Waals surface area contributed by atoms with Gasteiger partial charge in [0.2, 0.25) is 5.91 Å². The molecular weight excluding hydrogens is 164 g/mol. The van der Waals surface area contributed by atoms with E-state index in [1.807, 2.05) is 0 Å². The minimum atomic E-state index is -0.748. The van der Waals surface area contributed by atoms with Gasteiger partial charge in [-0.1, -0.05) is 13.3 Å². The number of nitrogens with two attached hydrogens (primary N) is 1. The van der Waals surface area contributed by atoms with Crippen LogP contribution in [-0.4, -0.2) is 17.5 Å². The molecule has 3 heteroatoms. The SMILES string of the molecule is CC1CCCC1NC(=O)C(C)(C)N. The van der Waals surface area contributed by atoms with Crippen LogP contribution in [0.15, 0.2) is 0 Å². The molecule has 0 heterocycles. The zero-order chi connectivity index (χ0) is 10.1. The maximum absolute atomic E-state index is 11.5. The highest BCUT2D eigenvalue weighted by molar-refractivity contribution is 5.85. The van der Waals surface area contributed by atoms with Gasteiger partial charge in [0.1, 0.15) is 0 Å². The van der Waals surface area contributed by atoms with E-state index in [1.165, 1.54) is 12.8 Å². The monoisotopic (exact) mass is 184 g/mol. The molecule has 0 aliphatic heterocycles. The fourth-order valence-electron chi connectivity index (χ4n) is 1.71. The first-order valence-corrected chi connectivity index (χ1v) is 5.01. The number of rotatable bonds is 2. The van der Waals surface area contributed by atoms with Gasteiger partial charge in [0.25, 0.3) is 0 Å². The van der Waals surface area contributed by atoms with Crippen LogP contribution in [0.2, 0.25) is 0 Å². The van der Waals surface area contributed by atoms with E-state index < -0.39 is 5.54 Å². The topological polar surface area (TPSA) is 55.1 Å². The van der Waals surface area contributed by atoms with Gasteiger partial charge in [-0.05, 0) is 32.6 Å². The molecule has 0 radical (unpaired) electrons. The molecule has 2 unspecified atom stereocenters. The van der Waals surface area contributed by atoms with Crippen molar-refractivity contribution in [3.63, 3.8) is 0 Å². The van der Waals surface area contributed by atoms with Crippen LogP contribution in [-0.2, 0) is 4.79 Å². The fraction of sp³-hybridized carbons (Fsp3) is 0.900. The van der Waals surface area contributed by atoms with Gasteiger partial charge in [-0.25, -0.2) is 0 Å². The summed E-state index contributed by atoms with van der Waals surface area (Å²) < 4.78 is 0. The van der Waals surface area contributed by atoms with Crippen molar-refractivity contribution < 1.29 is 4.79 Å². The van der Waals surface area contributed by atoms with Crippen LogP contribution >= 0.6 is 0 Å².